The Kier molecular flexibility index (Phi) is 5.19. The van der Waals surface area contributed by atoms with Crippen LogP contribution in [0.2, 0.25) is 0 Å². The van der Waals surface area contributed by atoms with Gasteiger partial charge >= 0.3 is 0 Å². The van der Waals surface area contributed by atoms with Crippen molar-refractivity contribution in [3.05, 3.63) is 12.2 Å². The summed E-state index contributed by atoms with van der Waals surface area (Å²) in [5.41, 5.74) is 0. The topological polar surface area (TPSA) is 0 Å². The molecule has 0 N–H and O–H groups in total. The maximum atomic E-state index is 5.63. The van der Waals surface area contributed by atoms with E-state index in [1.165, 1.54) is 6.42 Å². The first-order chi connectivity index (χ1) is 3.77. The van der Waals surface area contributed by atoms with Crippen LogP contribution in [0.1, 0.15) is 26.7 Å². The summed E-state index contributed by atoms with van der Waals surface area (Å²) in [5, 5.41) is 0.196. The molecule has 0 amide bonds. The van der Waals surface area contributed by atoms with Crippen LogP contribution in [-0.4, -0.2) is 5.38 Å². The Morgan fingerprint density at radius 1 is 1.62 bits per heavy atom. The summed E-state index contributed by atoms with van der Waals surface area (Å²) >= 11 is 5.63. The monoisotopic (exact) mass is 132 g/mol. The van der Waals surface area contributed by atoms with Crippen LogP contribution in [0.4, 0.5) is 0 Å². The van der Waals surface area contributed by atoms with E-state index in [-0.39, 0.29) is 5.38 Å². The maximum Gasteiger partial charge on any atom is 0.0487 e. The molecule has 0 rings (SSSR count). The molecule has 0 heterocycles. The highest BCUT2D eigenvalue weighted by atomic mass is 35.5. The Bertz CT molecular complexity index is 64.8. The van der Waals surface area contributed by atoms with Crippen molar-refractivity contribution in [2.45, 2.75) is 32.1 Å². The molecule has 0 saturated carbocycles. The van der Waals surface area contributed by atoms with Crippen LogP contribution in [0.5, 0.6) is 0 Å². The second kappa shape index (κ2) is 5.17. The van der Waals surface area contributed by atoms with Gasteiger partial charge in [0.05, 0.1) is 0 Å². The summed E-state index contributed by atoms with van der Waals surface area (Å²) in [4.78, 5) is 0. The average molecular weight is 133 g/mol. The summed E-state index contributed by atoms with van der Waals surface area (Å²) in [7, 11) is 0. The maximum absolute atomic E-state index is 5.63. The van der Waals surface area contributed by atoms with Crippen LogP contribution in [0.15, 0.2) is 12.2 Å². The van der Waals surface area contributed by atoms with Gasteiger partial charge in [-0.2, -0.15) is 0 Å². The Labute approximate surface area is 56.5 Å². The number of hydrogen-bond acceptors (Lipinski definition) is 0. The molecule has 0 radical (unpaired) electrons. The number of allylic oxidation sites excluding steroid dienone is 2. The third-order valence-corrected chi connectivity index (χ3v) is 1.00. The Hall–Kier alpha value is 0.0300. The molecule has 0 nitrogen and oxygen atoms in total. The Balaban J connectivity index is 3.07. The standard InChI is InChI=1S/C7H13Cl/c1-3-4-5-6-7(2)8/h5-7H,3-4H2,1-2H3. The molecule has 8 heavy (non-hydrogen) atoms. The number of alkyl halides is 1. The first-order valence-corrected chi connectivity index (χ1v) is 3.51. The smallest absolute Gasteiger partial charge is 0.0487 e. The van der Waals surface area contributed by atoms with Crippen molar-refractivity contribution >= 4 is 11.6 Å². The van der Waals surface area contributed by atoms with Gasteiger partial charge in [-0.05, 0) is 13.3 Å². The van der Waals surface area contributed by atoms with Crippen LogP contribution in [0.25, 0.3) is 0 Å². The Morgan fingerprint density at radius 3 is 2.62 bits per heavy atom. The number of unbranched alkanes of at least 4 members (excludes halogenated alkanes) is 1. The molecule has 0 aliphatic heterocycles. The molecule has 1 heteroatoms. The molecule has 1 unspecified atom stereocenters. The summed E-state index contributed by atoms with van der Waals surface area (Å²) in [6.45, 7) is 4.12. The van der Waals surface area contributed by atoms with Crippen molar-refractivity contribution in [1.82, 2.24) is 0 Å². The van der Waals surface area contributed by atoms with E-state index >= 15 is 0 Å². The molecule has 48 valence electrons. The molecular formula is C7H13Cl. The fraction of sp³-hybridized carbons (Fsp3) is 0.714. The minimum Gasteiger partial charge on any atom is -0.119 e. The molecule has 0 spiro atoms. The zero-order chi connectivity index (χ0) is 6.41. The summed E-state index contributed by atoms with van der Waals surface area (Å²) in [6.07, 6.45) is 6.50. The Morgan fingerprint density at radius 2 is 2.25 bits per heavy atom. The van der Waals surface area contributed by atoms with Crippen LogP contribution >= 0.6 is 11.6 Å². The van der Waals surface area contributed by atoms with Crippen LogP contribution in [0, 0.1) is 0 Å². The lowest BCUT2D eigenvalue weighted by molar-refractivity contribution is 0.952. The third kappa shape index (κ3) is 6.03. The van der Waals surface area contributed by atoms with Gasteiger partial charge < -0.3 is 0 Å². The zero-order valence-corrected chi connectivity index (χ0v) is 6.28. The highest BCUT2D eigenvalue weighted by Gasteiger charge is 1.82. The predicted molar refractivity (Wildman–Crippen MR) is 39.4 cm³/mol. The summed E-state index contributed by atoms with van der Waals surface area (Å²) < 4.78 is 0. The average Bonchev–Trinajstić information content (AvgIpc) is 1.66. The third-order valence-electron chi connectivity index (χ3n) is 0.857. The molecule has 0 aliphatic rings. The molecule has 0 aromatic heterocycles. The molecule has 0 aliphatic carbocycles. The summed E-state index contributed by atoms with van der Waals surface area (Å²) in [6, 6.07) is 0. The molecule has 0 aromatic carbocycles. The van der Waals surface area contributed by atoms with E-state index in [0.717, 1.165) is 6.42 Å². The molecule has 1 atom stereocenters. The zero-order valence-electron chi connectivity index (χ0n) is 5.52. The molecule has 0 saturated heterocycles. The van der Waals surface area contributed by atoms with E-state index in [4.69, 9.17) is 11.6 Å². The fourth-order valence-electron chi connectivity index (χ4n) is 0.450. The van der Waals surface area contributed by atoms with Gasteiger partial charge in [-0.1, -0.05) is 25.5 Å². The van der Waals surface area contributed by atoms with E-state index in [0.29, 0.717) is 0 Å². The number of hydrogen-bond donors (Lipinski definition) is 0. The quantitative estimate of drug-likeness (QED) is 0.409. The van der Waals surface area contributed by atoms with Crippen molar-refractivity contribution in [1.29, 1.82) is 0 Å². The van der Waals surface area contributed by atoms with E-state index in [1.54, 1.807) is 0 Å². The second-order valence-corrected chi connectivity index (χ2v) is 2.58. The van der Waals surface area contributed by atoms with Gasteiger partial charge in [0.25, 0.3) is 0 Å². The van der Waals surface area contributed by atoms with Gasteiger partial charge in [0.1, 0.15) is 0 Å². The van der Waals surface area contributed by atoms with Gasteiger partial charge in [0.2, 0.25) is 0 Å². The van der Waals surface area contributed by atoms with Crippen molar-refractivity contribution in [3.8, 4) is 0 Å². The summed E-state index contributed by atoms with van der Waals surface area (Å²) in [5.74, 6) is 0. The minimum atomic E-state index is 0.196. The van der Waals surface area contributed by atoms with E-state index < -0.39 is 0 Å². The molecule has 0 fully saturated rings. The first-order valence-electron chi connectivity index (χ1n) is 3.08. The lowest BCUT2D eigenvalue weighted by atomic mass is 10.3. The number of halogens is 1. The van der Waals surface area contributed by atoms with E-state index in [2.05, 4.69) is 13.0 Å². The second-order valence-electron chi connectivity index (χ2n) is 1.89. The van der Waals surface area contributed by atoms with Crippen molar-refractivity contribution in [2.75, 3.05) is 0 Å². The molecular weight excluding hydrogens is 120 g/mol. The van der Waals surface area contributed by atoms with Gasteiger partial charge in [-0.3, -0.25) is 0 Å². The fourth-order valence-corrected chi connectivity index (χ4v) is 0.553. The highest BCUT2D eigenvalue weighted by molar-refractivity contribution is 6.21. The van der Waals surface area contributed by atoms with Gasteiger partial charge in [0.15, 0.2) is 0 Å². The van der Waals surface area contributed by atoms with Gasteiger partial charge in [-0.25, -0.2) is 0 Å². The SMILES string of the molecule is CCCC=CC(C)Cl. The highest BCUT2D eigenvalue weighted by Crippen LogP contribution is 1.97. The number of rotatable bonds is 3. The van der Waals surface area contributed by atoms with Gasteiger partial charge in [-0.15, -0.1) is 11.6 Å². The van der Waals surface area contributed by atoms with E-state index in [1.807, 2.05) is 13.0 Å². The normalized spacial score (nSPS) is 14.9. The lowest BCUT2D eigenvalue weighted by Gasteiger charge is -1.88. The molecule has 0 bridgehead atoms. The van der Waals surface area contributed by atoms with Crippen LogP contribution in [-0.2, 0) is 0 Å². The predicted octanol–water partition coefficient (Wildman–Crippen LogP) is 2.97. The van der Waals surface area contributed by atoms with Crippen LogP contribution < -0.4 is 0 Å². The van der Waals surface area contributed by atoms with Crippen LogP contribution in [0.3, 0.4) is 0 Å². The van der Waals surface area contributed by atoms with Crippen molar-refractivity contribution in [3.63, 3.8) is 0 Å². The van der Waals surface area contributed by atoms with Crippen molar-refractivity contribution in [2.24, 2.45) is 0 Å². The molecule has 0 aromatic rings. The minimum absolute atomic E-state index is 0.196. The van der Waals surface area contributed by atoms with Crippen molar-refractivity contribution < 1.29 is 0 Å². The van der Waals surface area contributed by atoms with Gasteiger partial charge in [0, 0.05) is 5.38 Å². The first kappa shape index (κ1) is 8.03. The lowest BCUT2D eigenvalue weighted by Crippen LogP contribution is -1.79. The largest absolute Gasteiger partial charge is 0.119 e. The van der Waals surface area contributed by atoms with E-state index in [9.17, 15) is 0 Å².